The van der Waals surface area contributed by atoms with E-state index in [1.165, 1.54) is 30.0 Å². The molecule has 0 bridgehead atoms. The number of aromatic amines is 1. The Bertz CT molecular complexity index is 1230. The number of ether oxygens (including phenoxy) is 1. The Labute approximate surface area is 181 Å². The van der Waals surface area contributed by atoms with Gasteiger partial charge in [-0.2, -0.15) is 5.10 Å². The summed E-state index contributed by atoms with van der Waals surface area (Å²) in [7, 11) is -1.01. The number of hydrogen-bond acceptors (Lipinski definition) is 8. The number of halogens is 1. The summed E-state index contributed by atoms with van der Waals surface area (Å²) in [5, 5.41) is 13.9. The highest BCUT2D eigenvalue weighted by Gasteiger charge is 2.34. The molecular weight excluding hydrogens is 443 g/mol. The summed E-state index contributed by atoms with van der Waals surface area (Å²) < 4.78 is 49.4. The third kappa shape index (κ3) is 3.94. The molecule has 0 aliphatic carbocycles. The zero-order valence-corrected chi connectivity index (χ0v) is 18.1. The SMILES string of the molecule is CN(C)c1ccc(S(=O)(=O)N(c2cn[nH]c2)c2nncs2)c(F)c1Oc1ccccc1. The molecule has 2 aromatic carbocycles. The highest BCUT2D eigenvalue weighted by Crippen LogP contribution is 2.40. The number of nitrogens with one attached hydrogen (secondary N) is 1. The third-order valence-corrected chi connectivity index (χ3v) is 6.77. The predicted octanol–water partition coefficient (Wildman–Crippen LogP) is 3.79. The van der Waals surface area contributed by atoms with Crippen LogP contribution in [0.25, 0.3) is 0 Å². The Morgan fingerprint density at radius 3 is 2.52 bits per heavy atom. The summed E-state index contributed by atoms with van der Waals surface area (Å²) in [4.78, 5) is 1.07. The van der Waals surface area contributed by atoms with Crippen molar-refractivity contribution in [3.63, 3.8) is 0 Å². The number of benzene rings is 2. The maximum absolute atomic E-state index is 15.7. The second-order valence-electron chi connectivity index (χ2n) is 6.48. The van der Waals surface area contributed by atoms with Crippen molar-refractivity contribution in [2.75, 3.05) is 23.3 Å². The standard InChI is InChI=1S/C19H17FN6O3S2/c1-25(2)15-8-9-16(17(20)18(15)29-14-6-4-3-5-7-14)31(27,28)26(13-10-21-22-11-13)19-24-23-12-30-19/h3-12H,1-2H3,(H,21,22). The second-order valence-corrected chi connectivity index (χ2v) is 9.05. The molecule has 0 saturated heterocycles. The van der Waals surface area contributed by atoms with Crippen LogP contribution in [0.1, 0.15) is 0 Å². The van der Waals surface area contributed by atoms with Crippen LogP contribution < -0.4 is 13.9 Å². The van der Waals surface area contributed by atoms with Crippen molar-refractivity contribution < 1.29 is 17.5 Å². The predicted molar refractivity (Wildman–Crippen MR) is 115 cm³/mol. The maximum Gasteiger partial charge on any atom is 0.273 e. The van der Waals surface area contributed by atoms with Gasteiger partial charge in [-0.15, -0.1) is 10.2 Å². The van der Waals surface area contributed by atoms with E-state index in [-0.39, 0.29) is 16.6 Å². The van der Waals surface area contributed by atoms with Crippen LogP contribution >= 0.6 is 11.3 Å². The van der Waals surface area contributed by atoms with Crippen LogP contribution in [0.3, 0.4) is 0 Å². The molecule has 0 amide bonds. The van der Waals surface area contributed by atoms with Crippen LogP contribution in [0, 0.1) is 5.82 Å². The van der Waals surface area contributed by atoms with Crippen LogP contribution in [0.15, 0.2) is 65.3 Å². The molecule has 0 spiro atoms. The number of hydrogen-bond donors (Lipinski definition) is 1. The molecule has 160 valence electrons. The first-order valence-electron chi connectivity index (χ1n) is 8.92. The zero-order valence-electron chi connectivity index (χ0n) is 16.4. The smallest absolute Gasteiger partial charge is 0.273 e. The summed E-state index contributed by atoms with van der Waals surface area (Å²) in [6, 6.07) is 11.3. The molecule has 12 heteroatoms. The Morgan fingerprint density at radius 2 is 1.90 bits per heavy atom. The van der Waals surface area contributed by atoms with Gasteiger partial charge in [-0.1, -0.05) is 29.5 Å². The third-order valence-electron chi connectivity index (χ3n) is 4.24. The molecule has 2 aromatic heterocycles. The number of sulfonamides is 1. The van der Waals surface area contributed by atoms with Crippen molar-refractivity contribution in [1.82, 2.24) is 20.4 Å². The lowest BCUT2D eigenvalue weighted by Gasteiger charge is -2.23. The summed E-state index contributed by atoms with van der Waals surface area (Å²) in [6.45, 7) is 0. The molecule has 31 heavy (non-hydrogen) atoms. The van der Waals surface area contributed by atoms with E-state index in [1.54, 1.807) is 49.3 Å². The van der Waals surface area contributed by atoms with E-state index < -0.39 is 20.7 Å². The van der Waals surface area contributed by atoms with Crippen molar-refractivity contribution >= 4 is 37.9 Å². The van der Waals surface area contributed by atoms with Gasteiger partial charge in [0.2, 0.25) is 5.13 Å². The van der Waals surface area contributed by atoms with Gasteiger partial charge in [0, 0.05) is 20.3 Å². The molecule has 0 radical (unpaired) electrons. The van der Waals surface area contributed by atoms with Crippen LogP contribution in [0.5, 0.6) is 11.5 Å². The quantitative estimate of drug-likeness (QED) is 0.447. The van der Waals surface area contributed by atoms with E-state index in [0.717, 1.165) is 15.6 Å². The first-order chi connectivity index (χ1) is 14.9. The number of nitrogens with zero attached hydrogens (tertiary/aromatic N) is 5. The maximum atomic E-state index is 15.7. The monoisotopic (exact) mass is 460 g/mol. The van der Waals surface area contributed by atoms with Gasteiger partial charge in [0.05, 0.1) is 17.6 Å². The molecule has 0 saturated carbocycles. The van der Waals surface area contributed by atoms with Crippen molar-refractivity contribution in [1.29, 1.82) is 0 Å². The first kappa shape index (κ1) is 20.8. The fourth-order valence-corrected chi connectivity index (χ4v) is 5.13. The van der Waals surface area contributed by atoms with Gasteiger partial charge in [-0.05, 0) is 24.3 Å². The molecule has 0 aliphatic rings. The molecule has 9 nitrogen and oxygen atoms in total. The zero-order chi connectivity index (χ0) is 22.0. The average Bonchev–Trinajstić information content (AvgIpc) is 3.45. The average molecular weight is 461 g/mol. The first-order valence-corrected chi connectivity index (χ1v) is 11.2. The lowest BCUT2D eigenvalue weighted by atomic mass is 10.2. The van der Waals surface area contributed by atoms with Gasteiger partial charge in [0.25, 0.3) is 10.0 Å². The van der Waals surface area contributed by atoms with Gasteiger partial charge < -0.3 is 9.64 Å². The minimum Gasteiger partial charge on any atom is -0.452 e. The number of rotatable bonds is 7. The summed E-state index contributed by atoms with van der Waals surface area (Å²) >= 11 is 0.992. The number of aromatic nitrogens is 4. The van der Waals surface area contributed by atoms with E-state index in [4.69, 9.17) is 4.74 Å². The topological polar surface area (TPSA) is 104 Å². The molecule has 0 aliphatic heterocycles. The normalized spacial score (nSPS) is 11.3. The highest BCUT2D eigenvalue weighted by atomic mass is 32.2. The van der Waals surface area contributed by atoms with E-state index >= 15 is 4.39 Å². The van der Waals surface area contributed by atoms with E-state index in [2.05, 4.69) is 20.4 Å². The molecule has 2 heterocycles. The van der Waals surface area contributed by atoms with Gasteiger partial charge in [-0.25, -0.2) is 17.1 Å². The summed E-state index contributed by atoms with van der Waals surface area (Å²) in [5.41, 5.74) is 1.93. The second kappa shape index (κ2) is 8.32. The fraction of sp³-hybridized carbons (Fsp3) is 0.105. The molecule has 0 atom stereocenters. The molecular formula is C19H17FN6O3S2. The lowest BCUT2D eigenvalue weighted by molar-refractivity contribution is 0.433. The van der Waals surface area contributed by atoms with E-state index in [0.29, 0.717) is 11.4 Å². The van der Waals surface area contributed by atoms with Crippen molar-refractivity contribution in [3.8, 4) is 11.5 Å². The van der Waals surface area contributed by atoms with Crippen molar-refractivity contribution in [2.45, 2.75) is 4.90 Å². The lowest BCUT2D eigenvalue weighted by Crippen LogP contribution is -2.27. The van der Waals surface area contributed by atoms with Crippen molar-refractivity contribution in [3.05, 3.63) is 66.2 Å². The van der Waals surface area contributed by atoms with Crippen LogP contribution in [0.4, 0.5) is 20.9 Å². The molecule has 0 fully saturated rings. The van der Waals surface area contributed by atoms with Gasteiger partial charge in [-0.3, -0.25) is 5.10 Å². The molecule has 4 rings (SSSR count). The van der Waals surface area contributed by atoms with Gasteiger partial charge in [0.15, 0.2) is 11.6 Å². The number of para-hydroxylation sites is 1. The Balaban J connectivity index is 1.87. The summed E-state index contributed by atoms with van der Waals surface area (Å²) in [6.07, 6.45) is 2.67. The number of H-pyrrole nitrogens is 1. The minimum atomic E-state index is -4.43. The Morgan fingerprint density at radius 1 is 1.13 bits per heavy atom. The van der Waals surface area contributed by atoms with Crippen LogP contribution in [0.2, 0.25) is 0 Å². The molecule has 4 aromatic rings. The van der Waals surface area contributed by atoms with Crippen molar-refractivity contribution in [2.24, 2.45) is 0 Å². The summed E-state index contributed by atoms with van der Waals surface area (Å²) in [5.74, 6) is -0.857. The Kier molecular flexibility index (Phi) is 5.57. The number of anilines is 3. The van der Waals surface area contributed by atoms with Gasteiger partial charge >= 0.3 is 0 Å². The highest BCUT2D eigenvalue weighted by molar-refractivity contribution is 7.93. The van der Waals surface area contributed by atoms with Gasteiger partial charge in [0.1, 0.15) is 16.2 Å². The van der Waals surface area contributed by atoms with Crippen LogP contribution in [-0.2, 0) is 10.0 Å². The van der Waals surface area contributed by atoms with Crippen LogP contribution in [-0.4, -0.2) is 42.9 Å². The largest absolute Gasteiger partial charge is 0.452 e. The Hall–Kier alpha value is -3.51. The van der Waals surface area contributed by atoms with E-state index in [1.807, 2.05) is 0 Å². The minimum absolute atomic E-state index is 0.0445. The fourth-order valence-electron chi connectivity index (χ4n) is 2.84. The van der Waals surface area contributed by atoms with E-state index in [9.17, 15) is 8.42 Å². The molecule has 0 unspecified atom stereocenters. The molecule has 1 N–H and O–H groups in total.